The summed E-state index contributed by atoms with van der Waals surface area (Å²) in [4.78, 5) is 33.6. The zero-order valence-corrected chi connectivity index (χ0v) is 13.7. The van der Waals surface area contributed by atoms with Crippen LogP contribution >= 0.6 is 11.8 Å². The second kappa shape index (κ2) is 5.89. The fourth-order valence-corrected chi connectivity index (χ4v) is 3.77. The van der Waals surface area contributed by atoms with E-state index in [-0.39, 0.29) is 17.9 Å². The molecule has 0 spiro atoms. The molecule has 4 rings (SSSR count). The minimum absolute atomic E-state index is 0.244. The molecule has 0 fully saturated rings. The number of hydrogen-bond donors (Lipinski definition) is 3. The number of hydrogen-bond acceptors (Lipinski definition) is 4. The molecule has 2 aromatic carbocycles. The Hall–Kier alpha value is -2.87. The van der Waals surface area contributed by atoms with Gasteiger partial charge in [-0.2, -0.15) is 0 Å². The molecule has 0 saturated carbocycles. The molecule has 8 heteroatoms. The standard InChI is InChI=1S/C17H13FN4O2S/c18-8-1-2-9-11(7-8)13-10(3-5-20-16(13)24)15-14(9)21-17(22-15)25-6-4-12(19)23/h1-3,5,7H,4,6H2,(H2,19,23)(H,20,24)(H,21,22). The van der Waals surface area contributed by atoms with Crippen LogP contribution < -0.4 is 11.3 Å². The van der Waals surface area contributed by atoms with E-state index in [9.17, 15) is 14.0 Å². The maximum atomic E-state index is 13.8. The first kappa shape index (κ1) is 15.6. The molecule has 0 saturated heterocycles. The first-order chi connectivity index (χ1) is 12.0. The number of imidazole rings is 1. The molecule has 2 aromatic heterocycles. The van der Waals surface area contributed by atoms with Crippen LogP contribution in [0.5, 0.6) is 0 Å². The van der Waals surface area contributed by atoms with E-state index in [4.69, 9.17) is 5.73 Å². The van der Waals surface area contributed by atoms with Gasteiger partial charge in [0, 0.05) is 34.5 Å². The van der Waals surface area contributed by atoms with Crippen molar-refractivity contribution < 1.29 is 9.18 Å². The lowest BCUT2D eigenvalue weighted by atomic mass is 10.0. The number of H-pyrrole nitrogens is 2. The van der Waals surface area contributed by atoms with E-state index in [0.717, 1.165) is 10.9 Å². The molecule has 126 valence electrons. The Kier molecular flexibility index (Phi) is 3.69. The number of rotatable bonds is 4. The van der Waals surface area contributed by atoms with Gasteiger partial charge in [0.15, 0.2) is 5.16 Å². The summed E-state index contributed by atoms with van der Waals surface area (Å²) >= 11 is 1.37. The lowest BCUT2D eigenvalue weighted by Gasteiger charge is -2.05. The summed E-state index contributed by atoms with van der Waals surface area (Å²) in [6, 6.07) is 6.09. The maximum Gasteiger partial charge on any atom is 0.256 e. The van der Waals surface area contributed by atoms with Crippen molar-refractivity contribution in [2.75, 3.05) is 5.75 Å². The number of nitrogens with one attached hydrogen (secondary N) is 2. The van der Waals surface area contributed by atoms with Crippen LogP contribution in [0.4, 0.5) is 4.39 Å². The van der Waals surface area contributed by atoms with Crippen molar-refractivity contribution in [2.24, 2.45) is 5.73 Å². The molecule has 0 atom stereocenters. The molecule has 1 amide bonds. The average molecular weight is 356 g/mol. The molecule has 0 aliphatic carbocycles. The van der Waals surface area contributed by atoms with Crippen LogP contribution in [0.15, 0.2) is 40.4 Å². The normalized spacial score (nSPS) is 11.6. The van der Waals surface area contributed by atoms with Gasteiger partial charge in [-0.3, -0.25) is 9.59 Å². The van der Waals surface area contributed by atoms with Crippen LogP contribution in [0.2, 0.25) is 0 Å². The van der Waals surface area contributed by atoms with Gasteiger partial charge in [0.25, 0.3) is 5.56 Å². The minimum atomic E-state index is -0.410. The molecule has 0 aliphatic rings. The number of pyridine rings is 1. The van der Waals surface area contributed by atoms with Crippen molar-refractivity contribution in [1.82, 2.24) is 15.0 Å². The number of benzene rings is 2. The van der Waals surface area contributed by atoms with E-state index in [1.807, 2.05) is 0 Å². The van der Waals surface area contributed by atoms with Gasteiger partial charge in [-0.15, -0.1) is 0 Å². The summed E-state index contributed by atoms with van der Waals surface area (Å²) in [5.74, 6) is -0.284. The molecular formula is C17H13FN4O2S. The van der Waals surface area contributed by atoms with Crippen molar-refractivity contribution >= 4 is 50.2 Å². The number of halogens is 1. The van der Waals surface area contributed by atoms with Gasteiger partial charge >= 0.3 is 0 Å². The SMILES string of the molecule is NC(=O)CCSc1nc2c3cc[nH]c(=O)c3c3cc(F)ccc3c2[nH]1. The van der Waals surface area contributed by atoms with Gasteiger partial charge in [-0.1, -0.05) is 11.8 Å². The number of primary amides is 1. The summed E-state index contributed by atoms with van der Waals surface area (Å²) < 4.78 is 13.8. The summed E-state index contributed by atoms with van der Waals surface area (Å²) in [7, 11) is 0. The predicted molar refractivity (Wildman–Crippen MR) is 96.2 cm³/mol. The molecule has 0 radical (unpaired) electrons. The quantitative estimate of drug-likeness (QED) is 0.386. The highest BCUT2D eigenvalue weighted by atomic mass is 32.2. The Balaban J connectivity index is 2.01. The summed E-state index contributed by atoms with van der Waals surface area (Å²) in [6.45, 7) is 0. The van der Waals surface area contributed by atoms with Crippen molar-refractivity contribution in [3.63, 3.8) is 0 Å². The number of nitrogens with zero attached hydrogens (tertiary/aromatic N) is 1. The molecule has 25 heavy (non-hydrogen) atoms. The average Bonchev–Trinajstić information content (AvgIpc) is 2.98. The first-order valence-corrected chi connectivity index (χ1v) is 8.56. The second-order valence-corrected chi connectivity index (χ2v) is 6.70. The van der Waals surface area contributed by atoms with Gasteiger partial charge < -0.3 is 15.7 Å². The van der Waals surface area contributed by atoms with Gasteiger partial charge in [0.05, 0.1) is 16.4 Å². The van der Waals surface area contributed by atoms with Crippen molar-refractivity contribution in [2.45, 2.75) is 11.6 Å². The van der Waals surface area contributed by atoms with E-state index in [1.165, 1.54) is 23.9 Å². The smallest absolute Gasteiger partial charge is 0.256 e. The fraction of sp³-hybridized carbons (Fsp3) is 0.118. The zero-order chi connectivity index (χ0) is 17.6. The van der Waals surface area contributed by atoms with Crippen LogP contribution in [0.3, 0.4) is 0 Å². The second-order valence-electron chi connectivity index (χ2n) is 5.62. The number of aromatic amines is 2. The first-order valence-electron chi connectivity index (χ1n) is 7.58. The van der Waals surface area contributed by atoms with Crippen LogP contribution in [0, 0.1) is 5.82 Å². The molecule has 4 N–H and O–H groups in total. The third-order valence-corrected chi connectivity index (χ3v) is 4.88. The van der Waals surface area contributed by atoms with Crippen molar-refractivity contribution in [3.8, 4) is 0 Å². The Morgan fingerprint density at radius 1 is 1.24 bits per heavy atom. The van der Waals surface area contributed by atoms with E-state index in [0.29, 0.717) is 32.6 Å². The highest BCUT2D eigenvalue weighted by Gasteiger charge is 2.15. The summed E-state index contributed by atoms with van der Waals surface area (Å²) in [6.07, 6.45) is 1.79. The number of amides is 1. The van der Waals surface area contributed by atoms with E-state index >= 15 is 0 Å². The van der Waals surface area contributed by atoms with Crippen LogP contribution in [-0.2, 0) is 4.79 Å². The fourth-order valence-electron chi connectivity index (χ4n) is 2.94. The van der Waals surface area contributed by atoms with Crippen LogP contribution in [-0.4, -0.2) is 26.6 Å². The molecule has 0 aliphatic heterocycles. The Morgan fingerprint density at radius 2 is 2.08 bits per heavy atom. The third kappa shape index (κ3) is 2.64. The summed E-state index contributed by atoms with van der Waals surface area (Å²) in [5, 5.41) is 2.92. The highest BCUT2D eigenvalue weighted by molar-refractivity contribution is 7.99. The van der Waals surface area contributed by atoms with Crippen molar-refractivity contribution in [1.29, 1.82) is 0 Å². The molecule has 6 nitrogen and oxygen atoms in total. The lowest BCUT2D eigenvalue weighted by molar-refractivity contribution is -0.117. The number of nitrogens with two attached hydrogens (primary N) is 1. The van der Waals surface area contributed by atoms with Crippen LogP contribution in [0.25, 0.3) is 32.6 Å². The van der Waals surface area contributed by atoms with Crippen molar-refractivity contribution in [3.05, 3.63) is 46.6 Å². The van der Waals surface area contributed by atoms with Crippen LogP contribution in [0.1, 0.15) is 6.42 Å². The molecular weight excluding hydrogens is 343 g/mol. The number of fused-ring (bicyclic) bond motifs is 6. The lowest BCUT2D eigenvalue weighted by Crippen LogP contribution is -2.10. The third-order valence-electron chi connectivity index (χ3n) is 4.01. The van der Waals surface area contributed by atoms with E-state index in [1.54, 1.807) is 18.3 Å². The molecule has 0 unspecified atom stereocenters. The zero-order valence-electron chi connectivity index (χ0n) is 12.9. The molecule has 4 aromatic rings. The number of aromatic nitrogens is 3. The number of carbonyl (C=O) groups is 1. The summed E-state index contributed by atoms with van der Waals surface area (Å²) in [5.41, 5.74) is 6.24. The monoisotopic (exact) mass is 356 g/mol. The number of thioether (sulfide) groups is 1. The van der Waals surface area contributed by atoms with Gasteiger partial charge in [0.1, 0.15) is 5.82 Å². The van der Waals surface area contributed by atoms with Gasteiger partial charge in [-0.25, -0.2) is 9.37 Å². The maximum absolute atomic E-state index is 13.8. The largest absolute Gasteiger partial charge is 0.370 e. The van der Waals surface area contributed by atoms with Gasteiger partial charge in [-0.05, 0) is 24.3 Å². The van der Waals surface area contributed by atoms with E-state index in [2.05, 4.69) is 15.0 Å². The Morgan fingerprint density at radius 3 is 2.88 bits per heavy atom. The molecule has 0 bridgehead atoms. The minimum Gasteiger partial charge on any atom is -0.370 e. The molecule has 2 heterocycles. The van der Waals surface area contributed by atoms with E-state index < -0.39 is 5.82 Å². The highest BCUT2D eigenvalue weighted by Crippen LogP contribution is 2.33. The Labute approximate surface area is 144 Å². The predicted octanol–water partition coefficient (Wildman–Crippen LogP) is 2.66. The Bertz CT molecular complexity index is 1200. The number of carbonyl (C=O) groups excluding carboxylic acids is 1. The topological polar surface area (TPSA) is 105 Å². The van der Waals surface area contributed by atoms with Gasteiger partial charge in [0.2, 0.25) is 5.91 Å².